The standard InChI is InChI=1S/C20H17ClN2O4/c1-3-27-20(25)15-11-22-18-14(8-5-9-16(18)21)17(15)23-13-7-4-6-12(10-13)19(24)26-2/h4-11H,3H2,1-2H3,(H,22,23). The minimum Gasteiger partial charge on any atom is -0.465 e. The molecule has 0 aliphatic heterocycles. The highest BCUT2D eigenvalue weighted by Gasteiger charge is 2.18. The molecule has 0 amide bonds. The SMILES string of the molecule is CCOC(=O)c1cnc2c(Cl)cccc2c1Nc1cccc(C(=O)OC)c1. The lowest BCUT2D eigenvalue weighted by molar-refractivity contribution is 0.0526. The molecule has 27 heavy (non-hydrogen) atoms. The van der Waals surface area contributed by atoms with E-state index in [4.69, 9.17) is 21.1 Å². The van der Waals surface area contributed by atoms with Crippen LogP contribution in [0.1, 0.15) is 27.6 Å². The highest BCUT2D eigenvalue weighted by molar-refractivity contribution is 6.35. The van der Waals surface area contributed by atoms with Gasteiger partial charge in [-0.15, -0.1) is 0 Å². The Labute approximate surface area is 161 Å². The van der Waals surface area contributed by atoms with E-state index in [0.29, 0.717) is 32.9 Å². The van der Waals surface area contributed by atoms with Crippen LogP contribution in [0.5, 0.6) is 0 Å². The van der Waals surface area contributed by atoms with E-state index in [1.807, 2.05) is 6.07 Å². The van der Waals surface area contributed by atoms with E-state index in [9.17, 15) is 9.59 Å². The predicted octanol–water partition coefficient (Wildman–Crippen LogP) is 4.60. The van der Waals surface area contributed by atoms with Crippen molar-refractivity contribution in [3.8, 4) is 0 Å². The second-order valence-electron chi connectivity index (χ2n) is 5.60. The number of rotatable bonds is 5. The molecule has 1 N–H and O–H groups in total. The van der Waals surface area contributed by atoms with Gasteiger partial charge in [-0.1, -0.05) is 29.8 Å². The van der Waals surface area contributed by atoms with Crippen molar-refractivity contribution in [1.82, 2.24) is 4.98 Å². The summed E-state index contributed by atoms with van der Waals surface area (Å²) in [4.78, 5) is 28.5. The van der Waals surface area contributed by atoms with Crippen molar-refractivity contribution in [3.05, 3.63) is 64.8 Å². The van der Waals surface area contributed by atoms with E-state index in [1.54, 1.807) is 43.3 Å². The van der Waals surface area contributed by atoms with Crippen molar-refractivity contribution < 1.29 is 19.1 Å². The molecule has 1 heterocycles. The third kappa shape index (κ3) is 3.85. The molecule has 0 spiro atoms. The molecule has 7 heteroatoms. The maximum Gasteiger partial charge on any atom is 0.341 e. The van der Waals surface area contributed by atoms with Crippen molar-refractivity contribution in [3.63, 3.8) is 0 Å². The number of methoxy groups -OCH3 is 1. The maximum atomic E-state index is 12.4. The summed E-state index contributed by atoms with van der Waals surface area (Å²) in [7, 11) is 1.32. The number of aromatic nitrogens is 1. The predicted molar refractivity (Wildman–Crippen MR) is 104 cm³/mol. The Bertz CT molecular complexity index is 1020. The molecule has 0 aliphatic rings. The molecule has 0 saturated carbocycles. The molecule has 0 fully saturated rings. The zero-order valence-electron chi connectivity index (χ0n) is 14.8. The first-order valence-electron chi connectivity index (χ1n) is 8.25. The van der Waals surface area contributed by atoms with Gasteiger partial charge in [0.2, 0.25) is 0 Å². The zero-order valence-corrected chi connectivity index (χ0v) is 15.5. The molecule has 0 saturated heterocycles. The lowest BCUT2D eigenvalue weighted by Gasteiger charge is -2.15. The average Bonchev–Trinajstić information content (AvgIpc) is 2.68. The lowest BCUT2D eigenvalue weighted by Crippen LogP contribution is -2.09. The molecule has 0 aliphatic carbocycles. The van der Waals surface area contributed by atoms with Crippen LogP contribution in [-0.2, 0) is 9.47 Å². The lowest BCUT2D eigenvalue weighted by atomic mass is 10.1. The Kier molecular flexibility index (Phi) is 5.57. The van der Waals surface area contributed by atoms with E-state index in [0.717, 1.165) is 0 Å². The van der Waals surface area contributed by atoms with Crippen LogP contribution in [0.25, 0.3) is 10.9 Å². The molecule has 0 radical (unpaired) electrons. The summed E-state index contributed by atoms with van der Waals surface area (Å²) in [5, 5.41) is 4.32. The van der Waals surface area contributed by atoms with Crippen molar-refractivity contribution in [1.29, 1.82) is 0 Å². The van der Waals surface area contributed by atoms with Crippen LogP contribution in [0.2, 0.25) is 5.02 Å². The quantitative estimate of drug-likeness (QED) is 0.648. The van der Waals surface area contributed by atoms with Gasteiger partial charge in [0.25, 0.3) is 0 Å². The number of para-hydroxylation sites is 1. The van der Waals surface area contributed by atoms with E-state index < -0.39 is 11.9 Å². The number of fused-ring (bicyclic) bond motifs is 1. The summed E-state index contributed by atoms with van der Waals surface area (Å²) in [6.07, 6.45) is 1.43. The topological polar surface area (TPSA) is 77.5 Å². The highest BCUT2D eigenvalue weighted by Crippen LogP contribution is 2.33. The van der Waals surface area contributed by atoms with Gasteiger partial charge in [0, 0.05) is 17.3 Å². The number of anilines is 2. The summed E-state index contributed by atoms with van der Waals surface area (Å²) >= 11 is 6.24. The van der Waals surface area contributed by atoms with E-state index >= 15 is 0 Å². The Morgan fingerprint density at radius 3 is 2.67 bits per heavy atom. The van der Waals surface area contributed by atoms with Gasteiger partial charge in [-0.05, 0) is 31.2 Å². The fourth-order valence-corrected chi connectivity index (χ4v) is 2.89. The van der Waals surface area contributed by atoms with Crippen molar-refractivity contribution in [2.45, 2.75) is 6.92 Å². The van der Waals surface area contributed by atoms with Gasteiger partial charge in [-0.25, -0.2) is 9.59 Å². The highest BCUT2D eigenvalue weighted by atomic mass is 35.5. The molecule has 3 rings (SSSR count). The number of hydrogen-bond donors (Lipinski definition) is 1. The Morgan fingerprint density at radius 2 is 1.93 bits per heavy atom. The molecule has 0 unspecified atom stereocenters. The number of carbonyl (C=O) groups is 2. The minimum absolute atomic E-state index is 0.240. The second kappa shape index (κ2) is 8.05. The number of nitrogens with one attached hydrogen (secondary N) is 1. The first kappa shape index (κ1) is 18.7. The summed E-state index contributed by atoms with van der Waals surface area (Å²) in [5.41, 5.74) is 2.32. The van der Waals surface area contributed by atoms with Crippen LogP contribution in [0, 0.1) is 0 Å². The number of esters is 2. The first-order chi connectivity index (χ1) is 13.0. The molecule has 1 aromatic heterocycles. The smallest absolute Gasteiger partial charge is 0.341 e. The van der Waals surface area contributed by atoms with Crippen LogP contribution >= 0.6 is 11.6 Å². The number of benzene rings is 2. The molecule has 0 bridgehead atoms. The number of nitrogens with zero attached hydrogens (tertiary/aromatic N) is 1. The van der Waals surface area contributed by atoms with Gasteiger partial charge >= 0.3 is 11.9 Å². The molecule has 0 atom stereocenters. The first-order valence-corrected chi connectivity index (χ1v) is 8.62. The number of halogens is 1. The summed E-state index contributed by atoms with van der Waals surface area (Å²) in [6, 6.07) is 12.1. The van der Waals surface area contributed by atoms with Crippen LogP contribution in [-0.4, -0.2) is 30.6 Å². The number of pyridine rings is 1. The second-order valence-corrected chi connectivity index (χ2v) is 6.01. The zero-order chi connectivity index (χ0) is 19.4. The number of hydrogen-bond acceptors (Lipinski definition) is 6. The fraction of sp³-hybridized carbons (Fsp3) is 0.150. The molecule has 3 aromatic rings. The van der Waals surface area contributed by atoms with E-state index in [1.165, 1.54) is 13.3 Å². The minimum atomic E-state index is -0.501. The van der Waals surface area contributed by atoms with Gasteiger partial charge in [-0.2, -0.15) is 0 Å². The molecule has 6 nitrogen and oxygen atoms in total. The summed E-state index contributed by atoms with van der Waals surface area (Å²) in [6.45, 7) is 1.97. The largest absolute Gasteiger partial charge is 0.465 e. The van der Waals surface area contributed by atoms with Crippen molar-refractivity contribution >= 4 is 45.8 Å². The van der Waals surface area contributed by atoms with Gasteiger partial charge in [0.15, 0.2) is 0 Å². The number of ether oxygens (including phenoxy) is 2. The van der Waals surface area contributed by atoms with Crippen LogP contribution in [0.4, 0.5) is 11.4 Å². The van der Waals surface area contributed by atoms with Crippen LogP contribution in [0.15, 0.2) is 48.7 Å². The molecule has 138 valence electrons. The van der Waals surface area contributed by atoms with Crippen LogP contribution in [0.3, 0.4) is 0 Å². The Balaban J connectivity index is 2.14. The van der Waals surface area contributed by atoms with E-state index in [-0.39, 0.29) is 12.2 Å². The van der Waals surface area contributed by atoms with Crippen molar-refractivity contribution in [2.75, 3.05) is 19.0 Å². The monoisotopic (exact) mass is 384 g/mol. The summed E-state index contributed by atoms with van der Waals surface area (Å²) in [5.74, 6) is -0.953. The fourth-order valence-electron chi connectivity index (χ4n) is 2.67. The summed E-state index contributed by atoms with van der Waals surface area (Å²) < 4.78 is 9.89. The third-order valence-electron chi connectivity index (χ3n) is 3.90. The van der Waals surface area contributed by atoms with Gasteiger partial charge in [0.05, 0.1) is 35.5 Å². The Morgan fingerprint density at radius 1 is 1.15 bits per heavy atom. The Hall–Kier alpha value is -3.12. The average molecular weight is 385 g/mol. The van der Waals surface area contributed by atoms with Gasteiger partial charge in [0.1, 0.15) is 5.56 Å². The molecular weight excluding hydrogens is 368 g/mol. The third-order valence-corrected chi connectivity index (χ3v) is 4.20. The van der Waals surface area contributed by atoms with Crippen molar-refractivity contribution in [2.24, 2.45) is 0 Å². The molecular formula is C20H17ClN2O4. The van der Waals surface area contributed by atoms with Gasteiger partial charge in [-0.3, -0.25) is 4.98 Å². The van der Waals surface area contributed by atoms with Crippen LogP contribution < -0.4 is 5.32 Å². The van der Waals surface area contributed by atoms with E-state index in [2.05, 4.69) is 10.3 Å². The number of carbonyl (C=O) groups excluding carboxylic acids is 2. The normalized spacial score (nSPS) is 10.5. The van der Waals surface area contributed by atoms with Gasteiger partial charge < -0.3 is 14.8 Å². The maximum absolute atomic E-state index is 12.4. The molecule has 2 aromatic carbocycles.